The van der Waals surface area contributed by atoms with Crippen molar-refractivity contribution in [2.24, 2.45) is 5.41 Å². The Morgan fingerprint density at radius 3 is 2.92 bits per heavy atom. The number of hydrogen-bond donors (Lipinski definition) is 2. The van der Waals surface area contributed by atoms with E-state index in [9.17, 15) is 0 Å². The number of rotatable bonds is 5. The first-order valence-corrected chi connectivity index (χ1v) is 5.73. The van der Waals surface area contributed by atoms with Crippen molar-refractivity contribution in [1.82, 2.24) is 10.6 Å². The summed E-state index contributed by atoms with van der Waals surface area (Å²) in [5, 5.41) is 7.10. The minimum atomic E-state index is 0.670. The summed E-state index contributed by atoms with van der Waals surface area (Å²) in [6.45, 7) is 6.06. The minimum Gasteiger partial charge on any atom is -0.316 e. The Bertz CT molecular complexity index is 157. The zero-order chi connectivity index (χ0) is 9.15. The molecule has 0 aromatic heterocycles. The maximum atomic E-state index is 3.57. The van der Waals surface area contributed by atoms with Crippen LogP contribution < -0.4 is 10.6 Å². The molecule has 1 heterocycles. The van der Waals surface area contributed by atoms with E-state index in [1.807, 2.05) is 0 Å². The molecule has 0 bridgehead atoms. The van der Waals surface area contributed by atoms with Crippen LogP contribution >= 0.6 is 0 Å². The first-order chi connectivity index (χ1) is 6.29. The molecule has 1 atom stereocenters. The molecule has 2 N–H and O–H groups in total. The third-order valence-corrected chi connectivity index (χ3v) is 3.49. The van der Waals surface area contributed by atoms with Gasteiger partial charge in [0.15, 0.2) is 0 Å². The lowest BCUT2D eigenvalue weighted by Crippen LogP contribution is -2.29. The van der Waals surface area contributed by atoms with Gasteiger partial charge < -0.3 is 10.6 Å². The van der Waals surface area contributed by atoms with Crippen molar-refractivity contribution in [3.8, 4) is 0 Å². The van der Waals surface area contributed by atoms with Crippen molar-refractivity contribution in [3.05, 3.63) is 0 Å². The second-order valence-corrected chi connectivity index (χ2v) is 5.07. The van der Waals surface area contributed by atoms with E-state index in [1.165, 1.54) is 51.7 Å². The van der Waals surface area contributed by atoms with Gasteiger partial charge >= 0.3 is 0 Å². The van der Waals surface area contributed by atoms with Crippen LogP contribution in [0.15, 0.2) is 0 Å². The van der Waals surface area contributed by atoms with Crippen molar-refractivity contribution in [1.29, 1.82) is 0 Å². The highest BCUT2D eigenvalue weighted by atomic mass is 15.0. The van der Waals surface area contributed by atoms with E-state index in [-0.39, 0.29) is 0 Å². The number of hydrogen-bond acceptors (Lipinski definition) is 2. The average molecular weight is 182 g/mol. The van der Waals surface area contributed by atoms with Gasteiger partial charge in [0.1, 0.15) is 0 Å². The van der Waals surface area contributed by atoms with E-state index in [2.05, 4.69) is 17.6 Å². The fraction of sp³-hybridized carbons (Fsp3) is 1.00. The molecule has 0 spiro atoms. The monoisotopic (exact) mass is 182 g/mol. The Kier molecular flexibility index (Phi) is 2.89. The molecule has 1 aliphatic carbocycles. The normalized spacial score (nSPS) is 30.7. The summed E-state index contributed by atoms with van der Waals surface area (Å²) in [5.41, 5.74) is 0.670. The van der Waals surface area contributed by atoms with E-state index in [1.54, 1.807) is 0 Å². The molecule has 1 saturated carbocycles. The first kappa shape index (κ1) is 9.47. The standard InChI is InChI=1S/C11H22N2/c1-11(5-6-11)9-12-8-4-10-3-2-7-13-10/h10,12-13H,2-9H2,1H3. The van der Waals surface area contributed by atoms with Crippen molar-refractivity contribution in [2.75, 3.05) is 19.6 Å². The Labute approximate surface area is 81.5 Å². The summed E-state index contributed by atoms with van der Waals surface area (Å²) in [6, 6.07) is 0.805. The van der Waals surface area contributed by atoms with Crippen molar-refractivity contribution in [2.45, 2.75) is 45.1 Å². The topological polar surface area (TPSA) is 24.1 Å². The molecule has 76 valence electrons. The fourth-order valence-corrected chi connectivity index (χ4v) is 2.06. The summed E-state index contributed by atoms with van der Waals surface area (Å²) in [6.07, 6.45) is 6.95. The summed E-state index contributed by atoms with van der Waals surface area (Å²) in [7, 11) is 0. The maximum Gasteiger partial charge on any atom is 0.00796 e. The van der Waals surface area contributed by atoms with E-state index < -0.39 is 0 Å². The van der Waals surface area contributed by atoms with Crippen LogP contribution in [0.1, 0.15) is 39.0 Å². The lowest BCUT2D eigenvalue weighted by molar-refractivity contribution is 0.465. The molecule has 13 heavy (non-hydrogen) atoms. The van der Waals surface area contributed by atoms with Crippen molar-refractivity contribution < 1.29 is 0 Å². The zero-order valence-electron chi connectivity index (χ0n) is 8.73. The molecule has 2 aliphatic rings. The van der Waals surface area contributed by atoms with Crippen molar-refractivity contribution >= 4 is 0 Å². The summed E-state index contributed by atoms with van der Waals surface area (Å²) in [4.78, 5) is 0. The largest absolute Gasteiger partial charge is 0.316 e. The quantitative estimate of drug-likeness (QED) is 0.630. The van der Waals surface area contributed by atoms with Crippen LogP contribution in [0.3, 0.4) is 0 Å². The van der Waals surface area contributed by atoms with Gasteiger partial charge in [-0.3, -0.25) is 0 Å². The molecule has 0 aromatic carbocycles. The highest BCUT2D eigenvalue weighted by Crippen LogP contribution is 2.43. The highest BCUT2D eigenvalue weighted by Gasteiger charge is 2.36. The maximum absolute atomic E-state index is 3.57. The van der Waals surface area contributed by atoms with Gasteiger partial charge in [-0.05, 0) is 50.6 Å². The minimum absolute atomic E-state index is 0.670. The Balaban J connectivity index is 1.48. The van der Waals surface area contributed by atoms with E-state index in [0.29, 0.717) is 5.41 Å². The summed E-state index contributed by atoms with van der Waals surface area (Å²) >= 11 is 0. The SMILES string of the molecule is CC1(CNCCC2CCCN2)CC1. The second kappa shape index (κ2) is 3.97. The zero-order valence-corrected chi connectivity index (χ0v) is 8.73. The Hall–Kier alpha value is -0.0800. The van der Waals surface area contributed by atoms with Crippen LogP contribution in [0.2, 0.25) is 0 Å². The predicted molar refractivity (Wildman–Crippen MR) is 55.9 cm³/mol. The average Bonchev–Trinajstić information content (AvgIpc) is 2.69. The summed E-state index contributed by atoms with van der Waals surface area (Å²) < 4.78 is 0. The third-order valence-electron chi connectivity index (χ3n) is 3.49. The van der Waals surface area contributed by atoms with Gasteiger partial charge in [-0.15, -0.1) is 0 Å². The van der Waals surface area contributed by atoms with Crippen LogP contribution in [0.5, 0.6) is 0 Å². The van der Waals surface area contributed by atoms with Crippen molar-refractivity contribution in [3.63, 3.8) is 0 Å². The van der Waals surface area contributed by atoms with Gasteiger partial charge in [0.25, 0.3) is 0 Å². The van der Waals surface area contributed by atoms with Gasteiger partial charge in [0, 0.05) is 12.6 Å². The highest BCUT2D eigenvalue weighted by molar-refractivity contribution is 4.90. The van der Waals surface area contributed by atoms with Crippen LogP contribution in [0, 0.1) is 5.41 Å². The molecule has 2 rings (SSSR count). The van der Waals surface area contributed by atoms with E-state index in [0.717, 1.165) is 6.04 Å². The molecule has 0 aromatic rings. The molecular weight excluding hydrogens is 160 g/mol. The molecule has 2 nitrogen and oxygen atoms in total. The first-order valence-electron chi connectivity index (χ1n) is 5.73. The third kappa shape index (κ3) is 2.96. The summed E-state index contributed by atoms with van der Waals surface area (Å²) in [5.74, 6) is 0. The van der Waals surface area contributed by atoms with Gasteiger partial charge in [-0.1, -0.05) is 6.92 Å². The second-order valence-electron chi connectivity index (χ2n) is 5.07. The Morgan fingerprint density at radius 1 is 1.46 bits per heavy atom. The lowest BCUT2D eigenvalue weighted by Gasteiger charge is -2.13. The smallest absolute Gasteiger partial charge is 0.00796 e. The van der Waals surface area contributed by atoms with E-state index >= 15 is 0 Å². The number of nitrogens with one attached hydrogen (secondary N) is 2. The van der Waals surface area contributed by atoms with Gasteiger partial charge in [0.2, 0.25) is 0 Å². The van der Waals surface area contributed by atoms with Crippen LogP contribution in [0.4, 0.5) is 0 Å². The van der Waals surface area contributed by atoms with E-state index in [4.69, 9.17) is 0 Å². The molecular formula is C11H22N2. The van der Waals surface area contributed by atoms with Crippen LogP contribution in [-0.4, -0.2) is 25.7 Å². The van der Waals surface area contributed by atoms with Gasteiger partial charge in [0.05, 0.1) is 0 Å². The van der Waals surface area contributed by atoms with Gasteiger partial charge in [-0.2, -0.15) is 0 Å². The molecule has 2 fully saturated rings. The molecule has 1 aliphatic heterocycles. The predicted octanol–water partition coefficient (Wildman–Crippen LogP) is 1.52. The molecule has 1 unspecified atom stereocenters. The molecule has 0 radical (unpaired) electrons. The molecule has 1 saturated heterocycles. The lowest BCUT2D eigenvalue weighted by atomic mass is 10.1. The van der Waals surface area contributed by atoms with Crippen LogP contribution in [0.25, 0.3) is 0 Å². The molecule has 0 amide bonds. The van der Waals surface area contributed by atoms with Crippen LogP contribution in [-0.2, 0) is 0 Å². The molecule has 2 heteroatoms. The van der Waals surface area contributed by atoms with Gasteiger partial charge in [-0.25, -0.2) is 0 Å². The Morgan fingerprint density at radius 2 is 2.31 bits per heavy atom. The fourth-order valence-electron chi connectivity index (χ4n) is 2.06.